The molecule has 2 aromatic rings. The summed E-state index contributed by atoms with van der Waals surface area (Å²) in [6, 6.07) is 5.08. The summed E-state index contributed by atoms with van der Waals surface area (Å²) in [7, 11) is -2.66. The fraction of sp³-hybridized carbons (Fsp3) is 0.571. The Morgan fingerprint density at radius 2 is 1.88 bits per heavy atom. The molecule has 12 heteroatoms. The maximum Gasteiger partial charge on any atom is 0.333 e. The number of pyridine rings is 1. The number of hydrogen-bond acceptors (Lipinski definition) is 9. The van der Waals surface area contributed by atoms with Gasteiger partial charge in [-0.25, -0.2) is 4.79 Å². The van der Waals surface area contributed by atoms with Gasteiger partial charge < -0.3 is 29.3 Å². The summed E-state index contributed by atoms with van der Waals surface area (Å²) in [6.07, 6.45) is 3.44. The van der Waals surface area contributed by atoms with Crippen LogP contribution in [0, 0.1) is 0 Å². The molecule has 1 saturated carbocycles. The third-order valence-corrected chi connectivity index (χ3v) is 6.68. The molecule has 33 heavy (non-hydrogen) atoms. The van der Waals surface area contributed by atoms with E-state index in [-0.39, 0.29) is 13.2 Å². The Hall–Kier alpha value is -1.98. The molecule has 2 fully saturated rings. The molecule has 0 bridgehead atoms. The van der Waals surface area contributed by atoms with Crippen molar-refractivity contribution >= 4 is 8.60 Å². The molecular formula is C21H28N3O8P. The molecule has 0 spiro atoms. The molecule has 4 atom stereocenters. The van der Waals surface area contributed by atoms with Crippen LogP contribution in [-0.2, 0) is 15.8 Å². The van der Waals surface area contributed by atoms with Crippen molar-refractivity contribution in [2.75, 3.05) is 6.61 Å². The lowest BCUT2D eigenvalue weighted by molar-refractivity contribution is -0.0531. The number of ether oxygens (including phenoxy) is 1. The maximum absolute atomic E-state index is 13.1. The van der Waals surface area contributed by atoms with Crippen molar-refractivity contribution < 1.29 is 29.3 Å². The van der Waals surface area contributed by atoms with E-state index in [0.717, 1.165) is 27.5 Å². The summed E-state index contributed by atoms with van der Waals surface area (Å²) in [6.45, 7) is -0.435. The Labute approximate surface area is 190 Å². The zero-order valence-electron chi connectivity index (χ0n) is 17.9. The van der Waals surface area contributed by atoms with E-state index in [9.17, 15) is 19.8 Å². The molecule has 11 nitrogen and oxygen atoms in total. The number of hydrogen-bond donors (Lipinski definition) is 4. The van der Waals surface area contributed by atoms with Crippen LogP contribution in [0.2, 0.25) is 0 Å². The average molecular weight is 481 g/mol. The second kappa shape index (κ2) is 10.5. The van der Waals surface area contributed by atoms with Crippen molar-refractivity contribution in [1.82, 2.24) is 14.1 Å². The molecule has 1 aliphatic heterocycles. The predicted octanol–water partition coefficient (Wildman–Crippen LogP) is 0.348. The van der Waals surface area contributed by atoms with Gasteiger partial charge in [-0.05, 0) is 36.5 Å². The standard InChI is InChI=1S/C21H28N3O8P/c25-17-7-9-23(20-19(27)18(26)16(32-20)12-31-33(29)30)21(28)24(17)11-15-10-14(6-8-22-15)13-4-2-1-3-5-13/h6-10,13,16,18-20,26-27,29-30H,1-5,11-12H2. The van der Waals surface area contributed by atoms with Crippen LogP contribution in [0.1, 0.15) is 55.5 Å². The first-order valence-corrected chi connectivity index (χ1v) is 12.1. The fourth-order valence-electron chi connectivity index (χ4n) is 4.54. The van der Waals surface area contributed by atoms with E-state index in [0.29, 0.717) is 11.6 Å². The second-order valence-electron chi connectivity index (χ2n) is 8.44. The van der Waals surface area contributed by atoms with E-state index in [4.69, 9.17) is 14.5 Å². The third kappa shape index (κ3) is 5.41. The van der Waals surface area contributed by atoms with Crippen LogP contribution in [0.5, 0.6) is 0 Å². The monoisotopic (exact) mass is 481 g/mol. The molecule has 2 aliphatic rings. The van der Waals surface area contributed by atoms with Gasteiger partial charge in [-0.15, -0.1) is 0 Å². The fourth-order valence-corrected chi connectivity index (χ4v) is 4.82. The molecule has 0 radical (unpaired) electrons. The predicted molar refractivity (Wildman–Crippen MR) is 117 cm³/mol. The lowest BCUT2D eigenvalue weighted by Gasteiger charge is -2.22. The van der Waals surface area contributed by atoms with Crippen LogP contribution in [0.3, 0.4) is 0 Å². The summed E-state index contributed by atoms with van der Waals surface area (Å²) < 4.78 is 12.2. The number of rotatable bonds is 7. The third-order valence-electron chi connectivity index (χ3n) is 6.30. The summed E-state index contributed by atoms with van der Waals surface area (Å²) in [5.74, 6) is 0.450. The van der Waals surface area contributed by atoms with Crippen molar-refractivity contribution in [1.29, 1.82) is 0 Å². The summed E-state index contributed by atoms with van der Waals surface area (Å²) in [5.41, 5.74) is 0.475. The first kappa shape index (κ1) is 24.2. The van der Waals surface area contributed by atoms with Crippen molar-refractivity contribution in [3.63, 3.8) is 0 Å². The van der Waals surface area contributed by atoms with Crippen LogP contribution in [0.25, 0.3) is 0 Å². The van der Waals surface area contributed by atoms with Crippen molar-refractivity contribution in [2.45, 2.75) is 69.1 Å². The molecule has 2 aromatic heterocycles. The van der Waals surface area contributed by atoms with Gasteiger partial charge in [0.1, 0.15) is 18.3 Å². The van der Waals surface area contributed by atoms with Gasteiger partial charge in [0.2, 0.25) is 0 Å². The van der Waals surface area contributed by atoms with Crippen molar-refractivity contribution in [3.05, 3.63) is 62.7 Å². The number of aliphatic hydroxyl groups excluding tert-OH is 2. The quantitative estimate of drug-likeness (QED) is 0.410. The number of aromatic nitrogens is 3. The van der Waals surface area contributed by atoms with Crippen LogP contribution < -0.4 is 11.2 Å². The Balaban J connectivity index is 1.57. The maximum atomic E-state index is 13.1. The van der Waals surface area contributed by atoms with E-state index < -0.39 is 44.4 Å². The van der Waals surface area contributed by atoms with E-state index in [2.05, 4.69) is 9.51 Å². The molecule has 180 valence electrons. The van der Waals surface area contributed by atoms with E-state index >= 15 is 0 Å². The summed E-state index contributed by atoms with van der Waals surface area (Å²) in [4.78, 5) is 47.7. The van der Waals surface area contributed by atoms with E-state index in [1.165, 1.54) is 31.5 Å². The Morgan fingerprint density at radius 1 is 1.12 bits per heavy atom. The number of aliphatic hydroxyl groups is 2. The molecule has 4 N–H and O–H groups in total. The van der Waals surface area contributed by atoms with Gasteiger partial charge in [0.05, 0.1) is 18.8 Å². The molecule has 4 rings (SSSR count). The first-order valence-electron chi connectivity index (χ1n) is 10.9. The Kier molecular flexibility index (Phi) is 7.70. The Bertz CT molecular complexity index is 1070. The zero-order chi connectivity index (χ0) is 23.5. The van der Waals surface area contributed by atoms with Gasteiger partial charge in [0.15, 0.2) is 6.23 Å². The van der Waals surface area contributed by atoms with Gasteiger partial charge in [-0.1, -0.05) is 19.3 Å². The minimum absolute atomic E-state index is 0.0453. The SMILES string of the molecule is O=c1ccn(C2OC(COP(O)O)C(O)C2O)c(=O)n1Cc1cc(C2CCCCC2)ccn1. The average Bonchev–Trinajstić information content (AvgIpc) is 3.10. The largest absolute Gasteiger partial charge is 0.387 e. The van der Waals surface area contributed by atoms with Crippen molar-refractivity contribution in [2.24, 2.45) is 0 Å². The second-order valence-corrected chi connectivity index (χ2v) is 9.20. The molecular weight excluding hydrogens is 453 g/mol. The molecule has 0 amide bonds. The van der Waals surface area contributed by atoms with Crippen LogP contribution in [0.15, 0.2) is 40.2 Å². The smallest absolute Gasteiger partial charge is 0.333 e. The highest BCUT2D eigenvalue weighted by Gasteiger charge is 2.44. The number of nitrogens with zero attached hydrogens (tertiary/aromatic N) is 3. The highest BCUT2D eigenvalue weighted by atomic mass is 31.2. The lowest BCUT2D eigenvalue weighted by Crippen LogP contribution is -2.43. The van der Waals surface area contributed by atoms with E-state index in [1.807, 2.05) is 12.1 Å². The van der Waals surface area contributed by atoms with Gasteiger partial charge in [-0.3, -0.25) is 18.9 Å². The van der Waals surface area contributed by atoms with Crippen molar-refractivity contribution in [3.8, 4) is 0 Å². The highest BCUT2D eigenvalue weighted by Crippen LogP contribution is 2.33. The summed E-state index contributed by atoms with van der Waals surface area (Å²) >= 11 is 0. The van der Waals surface area contributed by atoms with Crippen LogP contribution >= 0.6 is 8.60 Å². The van der Waals surface area contributed by atoms with Crippen LogP contribution in [-0.4, -0.2) is 59.0 Å². The lowest BCUT2D eigenvalue weighted by atomic mass is 9.84. The molecule has 1 saturated heterocycles. The van der Waals surface area contributed by atoms with E-state index in [1.54, 1.807) is 6.20 Å². The topological polar surface area (TPSA) is 156 Å². The minimum Gasteiger partial charge on any atom is -0.387 e. The summed E-state index contributed by atoms with van der Waals surface area (Å²) in [5, 5.41) is 20.6. The van der Waals surface area contributed by atoms with Crippen LogP contribution in [0.4, 0.5) is 0 Å². The normalized spacial score (nSPS) is 26.2. The molecule has 1 aliphatic carbocycles. The molecule has 3 heterocycles. The minimum atomic E-state index is -2.66. The highest BCUT2D eigenvalue weighted by molar-refractivity contribution is 7.39. The molecule has 0 aromatic carbocycles. The Morgan fingerprint density at radius 3 is 2.61 bits per heavy atom. The van der Waals surface area contributed by atoms with Gasteiger partial charge in [0, 0.05) is 18.5 Å². The zero-order valence-corrected chi connectivity index (χ0v) is 18.8. The van der Waals surface area contributed by atoms with Gasteiger partial charge >= 0.3 is 14.3 Å². The molecule has 4 unspecified atom stereocenters. The first-order chi connectivity index (χ1) is 15.8. The van der Waals surface area contributed by atoms with Gasteiger partial charge in [0.25, 0.3) is 5.56 Å². The van der Waals surface area contributed by atoms with Gasteiger partial charge in [-0.2, -0.15) is 0 Å².